The Morgan fingerprint density at radius 1 is 1.11 bits per heavy atom. The molecular formula is C14H10F2O2. The molecule has 4 heteroatoms. The van der Waals surface area contributed by atoms with Crippen molar-refractivity contribution in [3.63, 3.8) is 0 Å². The Bertz CT molecular complexity index is 621. The molecule has 0 unspecified atom stereocenters. The van der Waals surface area contributed by atoms with Crippen LogP contribution in [0, 0.1) is 11.6 Å². The van der Waals surface area contributed by atoms with Crippen LogP contribution in [0.2, 0.25) is 0 Å². The van der Waals surface area contributed by atoms with E-state index in [2.05, 4.69) is 0 Å². The minimum Gasteiger partial charge on any atom is -0.507 e. The van der Waals surface area contributed by atoms with E-state index in [9.17, 15) is 18.7 Å². The van der Waals surface area contributed by atoms with Crippen LogP contribution in [-0.4, -0.2) is 10.9 Å². The molecular weight excluding hydrogens is 238 g/mol. The van der Waals surface area contributed by atoms with Gasteiger partial charge < -0.3 is 5.11 Å². The van der Waals surface area contributed by atoms with Gasteiger partial charge in [0.05, 0.1) is 5.56 Å². The summed E-state index contributed by atoms with van der Waals surface area (Å²) in [4.78, 5) is 11.1. The van der Waals surface area contributed by atoms with Crippen LogP contribution in [-0.2, 0) is 0 Å². The largest absolute Gasteiger partial charge is 0.507 e. The van der Waals surface area contributed by atoms with Crippen molar-refractivity contribution in [1.29, 1.82) is 0 Å². The van der Waals surface area contributed by atoms with Gasteiger partial charge in [0.15, 0.2) is 5.78 Å². The molecule has 0 aliphatic carbocycles. The first-order chi connectivity index (χ1) is 8.49. The fraction of sp³-hybridized carbons (Fsp3) is 0.0714. The van der Waals surface area contributed by atoms with Crippen molar-refractivity contribution in [1.82, 2.24) is 0 Å². The first-order valence-corrected chi connectivity index (χ1v) is 5.28. The Morgan fingerprint density at radius 3 is 2.44 bits per heavy atom. The van der Waals surface area contributed by atoms with Crippen molar-refractivity contribution in [2.24, 2.45) is 0 Å². The first-order valence-electron chi connectivity index (χ1n) is 5.28. The van der Waals surface area contributed by atoms with Crippen LogP contribution < -0.4 is 0 Å². The summed E-state index contributed by atoms with van der Waals surface area (Å²) in [6, 6.07) is 7.17. The zero-order valence-electron chi connectivity index (χ0n) is 9.58. The predicted molar refractivity (Wildman–Crippen MR) is 63.5 cm³/mol. The molecule has 0 amide bonds. The number of benzene rings is 2. The van der Waals surface area contributed by atoms with Crippen LogP contribution in [0.3, 0.4) is 0 Å². The van der Waals surface area contributed by atoms with Gasteiger partial charge in [-0.2, -0.15) is 0 Å². The van der Waals surface area contributed by atoms with E-state index in [1.165, 1.54) is 25.1 Å². The summed E-state index contributed by atoms with van der Waals surface area (Å²) in [7, 11) is 0. The molecule has 2 nitrogen and oxygen atoms in total. The van der Waals surface area contributed by atoms with E-state index in [0.29, 0.717) is 5.56 Å². The number of ketones is 1. The molecule has 2 aromatic carbocycles. The molecule has 2 rings (SSSR count). The molecule has 0 atom stereocenters. The maximum Gasteiger partial charge on any atom is 0.163 e. The monoisotopic (exact) mass is 248 g/mol. The summed E-state index contributed by atoms with van der Waals surface area (Å²) < 4.78 is 26.6. The highest BCUT2D eigenvalue weighted by molar-refractivity contribution is 5.97. The van der Waals surface area contributed by atoms with Gasteiger partial charge in [0.25, 0.3) is 0 Å². The van der Waals surface area contributed by atoms with E-state index in [-0.39, 0.29) is 22.7 Å². The summed E-state index contributed by atoms with van der Waals surface area (Å²) in [5.74, 6) is -1.70. The van der Waals surface area contributed by atoms with Crippen LogP contribution in [0.5, 0.6) is 5.75 Å². The molecule has 0 saturated heterocycles. The maximum absolute atomic E-state index is 13.5. The number of hydrogen-bond acceptors (Lipinski definition) is 2. The van der Waals surface area contributed by atoms with Crippen molar-refractivity contribution in [2.45, 2.75) is 6.92 Å². The Morgan fingerprint density at radius 2 is 1.83 bits per heavy atom. The van der Waals surface area contributed by atoms with Crippen molar-refractivity contribution in [3.05, 3.63) is 53.6 Å². The van der Waals surface area contributed by atoms with E-state index in [1.807, 2.05) is 0 Å². The van der Waals surface area contributed by atoms with Crippen LogP contribution in [0.15, 0.2) is 36.4 Å². The number of rotatable bonds is 2. The van der Waals surface area contributed by atoms with E-state index in [1.54, 1.807) is 0 Å². The Labute approximate surface area is 103 Å². The maximum atomic E-state index is 13.5. The zero-order valence-corrected chi connectivity index (χ0v) is 9.58. The number of aromatic hydroxyl groups is 1. The lowest BCUT2D eigenvalue weighted by Gasteiger charge is -2.06. The topological polar surface area (TPSA) is 37.3 Å². The summed E-state index contributed by atoms with van der Waals surface area (Å²) in [5.41, 5.74) is 0.505. The highest BCUT2D eigenvalue weighted by Crippen LogP contribution is 2.29. The molecule has 0 bridgehead atoms. The van der Waals surface area contributed by atoms with Gasteiger partial charge in [0, 0.05) is 5.56 Å². The lowest BCUT2D eigenvalue weighted by Crippen LogP contribution is -1.93. The van der Waals surface area contributed by atoms with Gasteiger partial charge in [-0.25, -0.2) is 8.78 Å². The Balaban J connectivity index is 2.55. The van der Waals surface area contributed by atoms with Gasteiger partial charge in [-0.3, -0.25) is 4.79 Å². The number of carbonyl (C=O) groups is 1. The highest BCUT2D eigenvalue weighted by atomic mass is 19.1. The zero-order chi connectivity index (χ0) is 13.3. The lowest BCUT2D eigenvalue weighted by atomic mass is 10.0. The number of Topliss-reactive ketones (excluding diaryl/α,β-unsaturated/α-hetero) is 1. The third-order valence-electron chi connectivity index (χ3n) is 2.62. The van der Waals surface area contributed by atoms with Gasteiger partial charge >= 0.3 is 0 Å². The second-order valence-corrected chi connectivity index (χ2v) is 3.91. The normalized spacial score (nSPS) is 10.4. The Hall–Kier alpha value is -2.23. The number of phenolic OH excluding ortho intramolecular Hbond substituents is 1. The quantitative estimate of drug-likeness (QED) is 0.825. The molecule has 0 aliphatic rings. The average molecular weight is 248 g/mol. The van der Waals surface area contributed by atoms with Crippen molar-refractivity contribution >= 4 is 5.78 Å². The SMILES string of the molecule is CC(=O)c1ccc(-c2cc(F)ccc2F)cc1O. The van der Waals surface area contributed by atoms with E-state index >= 15 is 0 Å². The highest BCUT2D eigenvalue weighted by Gasteiger charge is 2.11. The molecule has 0 radical (unpaired) electrons. The second kappa shape index (κ2) is 4.56. The number of halogens is 2. The fourth-order valence-electron chi connectivity index (χ4n) is 1.72. The molecule has 0 aliphatic heterocycles. The molecule has 92 valence electrons. The van der Waals surface area contributed by atoms with Crippen molar-refractivity contribution in [3.8, 4) is 16.9 Å². The molecule has 0 fully saturated rings. The fourth-order valence-corrected chi connectivity index (χ4v) is 1.72. The summed E-state index contributed by atoms with van der Waals surface area (Å²) in [6.07, 6.45) is 0. The third kappa shape index (κ3) is 2.22. The smallest absolute Gasteiger partial charge is 0.163 e. The molecule has 0 heterocycles. The number of carbonyl (C=O) groups excluding carboxylic acids is 1. The average Bonchev–Trinajstić information content (AvgIpc) is 2.31. The number of phenols is 1. The molecule has 2 aromatic rings. The lowest BCUT2D eigenvalue weighted by molar-refractivity contribution is 0.101. The van der Waals surface area contributed by atoms with Crippen molar-refractivity contribution < 1.29 is 18.7 Å². The van der Waals surface area contributed by atoms with Gasteiger partial charge in [-0.05, 0) is 42.8 Å². The summed E-state index contributed by atoms with van der Waals surface area (Å²) in [5, 5.41) is 9.65. The minimum atomic E-state index is -0.591. The predicted octanol–water partition coefficient (Wildman–Crippen LogP) is 3.54. The van der Waals surface area contributed by atoms with Crippen LogP contribution in [0.1, 0.15) is 17.3 Å². The van der Waals surface area contributed by atoms with Crippen LogP contribution >= 0.6 is 0 Å². The van der Waals surface area contributed by atoms with Crippen LogP contribution in [0.25, 0.3) is 11.1 Å². The molecule has 18 heavy (non-hydrogen) atoms. The second-order valence-electron chi connectivity index (χ2n) is 3.91. The summed E-state index contributed by atoms with van der Waals surface area (Å²) in [6.45, 7) is 1.32. The van der Waals surface area contributed by atoms with Gasteiger partial charge in [0.2, 0.25) is 0 Å². The van der Waals surface area contributed by atoms with Crippen LogP contribution in [0.4, 0.5) is 8.78 Å². The minimum absolute atomic E-state index is 0.0420. The molecule has 0 spiro atoms. The molecule has 0 saturated carbocycles. The molecule has 1 N–H and O–H groups in total. The first kappa shape index (κ1) is 12.2. The molecule has 0 aromatic heterocycles. The van der Waals surface area contributed by atoms with E-state index in [0.717, 1.165) is 18.2 Å². The van der Waals surface area contributed by atoms with Gasteiger partial charge in [0.1, 0.15) is 17.4 Å². The Kier molecular flexibility index (Phi) is 3.10. The van der Waals surface area contributed by atoms with Gasteiger partial charge in [-0.15, -0.1) is 0 Å². The van der Waals surface area contributed by atoms with E-state index < -0.39 is 11.6 Å². The summed E-state index contributed by atoms with van der Waals surface area (Å²) >= 11 is 0. The standard InChI is InChI=1S/C14H10F2O2/c1-8(17)11-4-2-9(6-14(11)18)12-7-10(15)3-5-13(12)16/h2-7,18H,1H3. The van der Waals surface area contributed by atoms with Crippen molar-refractivity contribution in [2.75, 3.05) is 0 Å². The van der Waals surface area contributed by atoms with Gasteiger partial charge in [-0.1, -0.05) is 6.07 Å². The van der Waals surface area contributed by atoms with E-state index in [4.69, 9.17) is 0 Å². The number of hydrogen-bond donors (Lipinski definition) is 1. The third-order valence-corrected chi connectivity index (χ3v) is 2.62.